The highest BCUT2D eigenvalue weighted by Crippen LogP contribution is 2.15. The van der Waals surface area contributed by atoms with Gasteiger partial charge in [0.05, 0.1) is 13.2 Å². The first-order valence-corrected chi connectivity index (χ1v) is 16.0. The van der Waals surface area contributed by atoms with Crippen molar-refractivity contribution >= 4 is 43.8 Å². The molecule has 0 fully saturated rings. The van der Waals surface area contributed by atoms with Gasteiger partial charge in [0.25, 0.3) is 0 Å². The van der Waals surface area contributed by atoms with Crippen LogP contribution in [0, 0.1) is 0 Å². The van der Waals surface area contributed by atoms with Gasteiger partial charge in [-0.25, -0.2) is 0 Å². The smallest absolute Gasteiger partial charge is 0.319 e. The van der Waals surface area contributed by atoms with Crippen molar-refractivity contribution in [3.05, 3.63) is 0 Å². The lowest BCUT2D eigenvalue weighted by molar-refractivity contribution is -0.143. The lowest BCUT2D eigenvalue weighted by atomic mass is 10.0. The minimum atomic E-state index is -0.146. The summed E-state index contributed by atoms with van der Waals surface area (Å²) < 4.78 is 10.5. The molecule has 0 aliphatic rings. The second kappa shape index (κ2) is 26.0. The van der Waals surface area contributed by atoms with Gasteiger partial charge in [-0.3, -0.25) is 9.59 Å². The molecule has 0 rings (SSSR count). The van der Waals surface area contributed by atoms with Crippen LogP contribution in [0.3, 0.4) is 0 Å². The van der Waals surface area contributed by atoms with E-state index in [9.17, 15) is 9.59 Å². The average Bonchev–Trinajstić information content (AvgIpc) is 2.85. The molecule has 0 saturated heterocycles. The predicted molar refractivity (Wildman–Crippen MR) is 151 cm³/mol. The molecule has 0 radical (unpaired) electrons. The van der Waals surface area contributed by atoms with Gasteiger partial charge in [0, 0.05) is 0 Å². The lowest BCUT2D eigenvalue weighted by Gasteiger charge is -2.08. The number of alkyl halides is 2. The van der Waals surface area contributed by atoms with E-state index in [1.165, 1.54) is 103 Å². The van der Waals surface area contributed by atoms with Gasteiger partial charge in [0.1, 0.15) is 9.65 Å². The number of rotatable bonds is 25. The molecule has 0 bridgehead atoms. The summed E-state index contributed by atoms with van der Waals surface area (Å²) >= 11 is 6.64. The molecule has 0 aliphatic heterocycles. The summed E-state index contributed by atoms with van der Waals surface area (Å²) in [7, 11) is 0. The molecule has 34 heavy (non-hydrogen) atoms. The van der Waals surface area contributed by atoms with Gasteiger partial charge < -0.3 is 9.47 Å². The molecule has 0 aromatic heterocycles. The molecule has 6 heteroatoms. The molecule has 202 valence electrons. The Morgan fingerprint density at radius 1 is 0.471 bits per heavy atom. The Morgan fingerprint density at radius 2 is 0.676 bits per heavy atom. The highest BCUT2D eigenvalue weighted by atomic mass is 79.9. The van der Waals surface area contributed by atoms with Crippen molar-refractivity contribution in [2.75, 3.05) is 13.2 Å². The summed E-state index contributed by atoms with van der Waals surface area (Å²) in [5.74, 6) is -0.238. The van der Waals surface area contributed by atoms with Crippen molar-refractivity contribution in [3.8, 4) is 0 Å². The van der Waals surface area contributed by atoms with Crippen LogP contribution < -0.4 is 0 Å². The molecule has 0 amide bonds. The number of ether oxygens (including phenoxy) is 2. The van der Waals surface area contributed by atoms with E-state index < -0.39 is 0 Å². The fourth-order valence-corrected chi connectivity index (χ4v) is 4.16. The van der Waals surface area contributed by atoms with Crippen molar-refractivity contribution in [3.63, 3.8) is 0 Å². The first-order chi connectivity index (χ1) is 16.5. The minimum absolute atomic E-state index is 0.119. The highest BCUT2D eigenvalue weighted by Gasteiger charge is 2.13. The van der Waals surface area contributed by atoms with Gasteiger partial charge >= 0.3 is 11.9 Å². The van der Waals surface area contributed by atoms with Crippen LogP contribution in [0.15, 0.2) is 0 Å². The average molecular weight is 613 g/mol. The van der Waals surface area contributed by atoms with E-state index in [1.54, 1.807) is 0 Å². The molecular weight excluding hydrogens is 560 g/mol. The zero-order valence-electron chi connectivity index (χ0n) is 22.1. The third-order valence-corrected chi connectivity index (χ3v) is 8.30. The quantitative estimate of drug-likeness (QED) is 0.0586. The van der Waals surface area contributed by atoms with Gasteiger partial charge in [-0.15, -0.1) is 0 Å². The van der Waals surface area contributed by atoms with Crippen molar-refractivity contribution in [1.29, 1.82) is 0 Å². The molecule has 0 saturated carbocycles. The maximum atomic E-state index is 11.5. The van der Waals surface area contributed by atoms with Crippen LogP contribution in [0.5, 0.6) is 0 Å². The van der Waals surface area contributed by atoms with Crippen molar-refractivity contribution in [2.24, 2.45) is 0 Å². The number of unbranched alkanes of at least 4 members (excludes halogenated alkanes) is 17. The molecule has 0 aromatic carbocycles. The Bertz CT molecular complexity index is 431. The Balaban J connectivity index is 3.15. The summed E-state index contributed by atoms with van der Waals surface area (Å²) in [5, 5.41) is 0. The molecule has 0 aromatic rings. The van der Waals surface area contributed by atoms with E-state index in [-0.39, 0.29) is 21.6 Å². The SMILES string of the molecule is CCC(Br)C(=O)OCCCCCCCCCCCCCCCCCCCCOC(=O)C(Br)CC. The first-order valence-electron chi connectivity index (χ1n) is 14.1. The molecule has 0 N–H and O–H groups in total. The van der Waals surface area contributed by atoms with Gasteiger partial charge in [-0.1, -0.05) is 148 Å². The standard InChI is InChI=1S/C28H52Br2O4/c1-3-25(29)27(31)33-23-21-19-17-15-13-11-9-7-5-6-8-10-12-14-16-18-20-22-24-34-28(32)26(30)4-2/h25-26H,3-24H2,1-2H3. The number of hydrogen-bond donors (Lipinski definition) is 0. The maximum absolute atomic E-state index is 11.5. The first kappa shape index (κ1) is 33.9. The molecular formula is C28H52Br2O4. The van der Waals surface area contributed by atoms with Crippen LogP contribution in [0.2, 0.25) is 0 Å². The van der Waals surface area contributed by atoms with Crippen LogP contribution in [0.1, 0.15) is 142 Å². The fourth-order valence-electron chi connectivity index (χ4n) is 3.89. The van der Waals surface area contributed by atoms with Gasteiger partial charge in [0.2, 0.25) is 0 Å². The van der Waals surface area contributed by atoms with E-state index in [0.717, 1.165) is 25.7 Å². The number of halogens is 2. The zero-order chi connectivity index (χ0) is 25.3. The number of hydrogen-bond acceptors (Lipinski definition) is 4. The third kappa shape index (κ3) is 22.4. The normalized spacial score (nSPS) is 12.9. The summed E-state index contributed by atoms with van der Waals surface area (Å²) in [6, 6.07) is 0. The van der Waals surface area contributed by atoms with Crippen LogP contribution in [-0.4, -0.2) is 34.8 Å². The van der Waals surface area contributed by atoms with E-state index >= 15 is 0 Å². The van der Waals surface area contributed by atoms with Crippen LogP contribution >= 0.6 is 31.9 Å². The van der Waals surface area contributed by atoms with Crippen LogP contribution in [0.4, 0.5) is 0 Å². The molecule has 0 heterocycles. The number of esters is 2. The van der Waals surface area contributed by atoms with Crippen molar-refractivity contribution in [1.82, 2.24) is 0 Å². The van der Waals surface area contributed by atoms with Crippen LogP contribution in [0.25, 0.3) is 0 Å². The lowest BCUT2D eigenvalue weighted by Crippen LogP contribution is -2.16. The van der Waals surface area contributed by atoms with Crippen LogP contribution in [-0.2, 0) is 19.1 Å². The van der Waals surface area contributed by atoms with Gasteiger partial charge in [0.15, 0.2) is 0 Å². The maximum Gasteiger partial charge on any atom is 0.319 e. The second-order valence-corrected chi connectivity index (χ2v) is 11.7. The topological polar surface area (TPSA) is 52.6 Å². The summed E-state index contributed by atoms with van der Waals surface area (Å²) in [5.41, 5.74) is 0. The zero-order valence-corrected chi connectivity index (χ0v) is 25.3. The Labute approximate surface area is 227 Å². The van der Waals surface area contributed by atoms with E-state index in [0.29, 0.717) is 13.2 Å². The second-order valence-electron chi connectivity index (χ2n) is 9.45. The predicted octanol–water partition coefficient (Wildman–Crippen LogP) is 9.44. The minimum Gasteiger partial charge on any atom is -0.465 e. The summed E-state index contributed by atoms with van der Waals surface area (Å²) in [4.78, 5) is 22.8. The summed E-state index contributed by atoms with van der Waals surface area (Å²) in [6.45, 7) is 5.09. The fraction of sp³-hybridized carbons (Fsp3) is 0.929. The Kier molecular flexibility index (Phi) is 25.9. The monoisotopic (exact) mass is 610 g/mol. The molecule has 0 aliphatic carbocycles. The highest BCUT2D eigenvalue weighted by molar-refractivity contribution is 9.10. The largest absolute Gasteiger partial charge is 0.465 e. The van der Waals surface area contributed by atoms with Crippen molar-refractivity contribution in [2.45, 2.75) is 152 Å². The summed E-state index contributed by atoms with van der Waals surface area (Å²) in [6.07, 6.45) is 24.7. The molecule has 2 atom stereocenters. The number of carbonyl (C=O) groups is 2. The third-order valence-electron chi connectivity index (χ3n) is 6.26. The van der Waals surface area contributed by atoms with Crippen molar-refractivity contribution < 1.29 is 19.1 Å². The van der Waals surface area contributed by atoms with E-state index in [4.69, 9.17) is 9.47 Å². The van der Waals surface area contributed by atoms with Gasteiger partial charge in [-0.05, 0) is 25.7 Å². The van der Waals surface area contributed by atoms with Gasteiger partial charge in [-0.2, -0.15) is 0 Å². The molecule has 0 spiro atoms. The van der Waals surface area contributed by atoms with E-state index in [2.05, 4.69) is 31.9 Å². The Morgan fingerprint density at radius 3 is 0.882 bits per heavy atom. The van der Waals surface area contributed by atoms with E-state index in [1.807, 2.05) is 13.8 Å². The Hall–Kier alpha value is -0.100. The molecule has 2 unspecified atom stereocenters. The number of carbonyl (C=O) groups excluding carboxylic acids is 2. The molecule has 4 nitrogen and oxygen atoms in total.